The highest BCUT2D eigenvalue weighted by Crippen LogP contribution is 2.35. The van der Waals surface area contributed by atoms with E-state index < -0.39 is 31.0 Å². The van der Waals surface area contributed by atoms with Crippen LogP contribution in [0.1, 0.15) is 24.8 Å². The van der Waals surface area contributed by atoms with Gasteiger partial charge in [-0.1, -0.05) is 36.4 Å². The number of hydroxylamine groups is 2. The zero-order chi connectivity index (χ0) is 29.0. The van der Waals surface area contributed by atoms with Crippen molar-refractivity contribution in [3.63, 3.8) is 0 Å². The van der Waals surface area contributed by atoms with Gasteiger partial charge in [0.1, 0.15) is 19.1 Å². The number of rotatable bonds is 15. The number of carbonyl (C=O) groups excluding carboxylic acids is 2. The van der Waals surface area contributed by atoms with E-state index in [-0.39, 0.29) is 24.0 Å². The predicted molar refractivity (Wildman–Crippen MR) is 148 cm³/mol. The third-order valence-electron chi connectivity index (χ3n) is 6.84. The lowest BCUT2D eigenvalue weighted by Crippen LogP contribution is -2.38. The first-order chi connectivity index (χ1) is 20.0. The van der Waals surface area contributed by atoms with E-state index in [0.717, 1.165) is 29.5 Å². The first-order valence-electron chi connectivity index (χ1n) is 13.5. The average Bonchev–Trinajstić information content (AvgIpc) is 3.01. The number of nitrogens with zero attached hydrogens (tertiary/aromatic N) is 2. The Kier molecular flexibility index (Phi) is 10.9. The molecule has 0 radical (unpaired) electrons. The van der Waals surface area contributed by atoms with E-state index in [9.17, 15) is 22.8 Å². The summed E-state index contributed by atoms with van der Waals surface area (Å²) < 4.78 is 52.1. The van der Waals surface area contributed by atoms with Gasteiger partial charge in [0, 0.05) is 37.2 Å². The van der Waals surface area contributed by atoms with Crippen LogP contribution in [0.15, 0.2) is 60.7 Å². The molecule has 1 saturated heterocycles. The van der Waals surface area contributed by atoms with E-state index in [0.29, 0.717) is 50.6 Å². The van der Waals surface area contributed by atoms with Crippen LogP contribution >= 0.6 is 0 Å². The molecule has 1 heterocycles. The van der Waals surface area contributed by atoms with Gasteiger partial charge in [0.2, 0.25) is 12.8 Å². The molecular weight excluding hydrogens is 539 g/mol. The SMILES string of the molecule is O=CN1CCC(Nc2cc(F)c(OC(CF)CF)cc2ON(C=O)Cc2ccc(OCC3C=CC=CC3)cc2)CC1. The van der Waals surface area contributed by atoms with E-state index in [1.807, 2.05) is 12.2 Å². The number of piperidine rings is 1. The fraction of sp³-hybridized carbons (Fsp3) is 0.400. The summed E-state index contributed by atoms with van der Waals surface area (Å²) in [5.41, 5.74) is 0.979. The number of likely N-dealkylation sites (tertiary alicyclic amines) is 1. The zero-order valence-corrected chi connectivity index (χ0v) is 22.6. The molecule has 41 heavy (non-hydrogen) atoms. The predicted octanol–water partition coefficient (Wildman–Crippen LogP) is 5.01. The highest BCUT2D eigenvalue weighted by Gasteiger charge is 2.23. The van der Waals surface area contributed by atoms with Gasteiger partial charge in [0.15, 0.2) is 23.4 Å². The Balaban J connectivity index is 1.45. The molecule has 220 valence electrons. The fourth-order valence-corrected chi connectivity index (χ4v) is 4.51. The van der Waals surface area contributed by atoms with Crippen molar-refractivity contribution in [2.24, 2.45) is 5.92 Å². The molecule has 1 fully saturated rings. The van der Waals surface area contributed by atoms with Crippen molar-refractivity contribution in [3.05, 3.63) is 72.1 Å². The summed E-state index contributed by atoms with van der Waals surface area (Å²) in [6, 6.07) is 9.39. The molecule has 1 unspecified atom stereocenters. The summed E-state index contributed by atoms with van der Waals surface area (Å²) in [5, 5.41) is 4.23. The van der Waals surface area contributed by atoms with Crippen LogP contribution in [0.5, 0.6) is 17.2 Å². The molecule has 1 atom stereocenters. The van der Waals surface area contributed by atoms with Gasteiger partial charge >= 0.3 is 0 Å². The average molecular weight is 574 g/mol. The quantitative estimate of drug-likeness (QED) is 0.239. The van der Waals surface area contributed by atoms with E-state index in [2.05, 4.69) is 17.5 Å². The molecule has 2 amide bonds. The second-order valence-electron chi connectivity index (χ2n) is 9.92. The van der Waals surface area contributed by atoms with Crippen molar-refractivity contribution in [3.8, 4) is 17.2 Å². The monoisotopic (exact) mass is 573 g/mol. The molecular formula is C30H34F3N3O5. The highest BCUT2D eigenvalue weighted by molar-refractivity contribution is 5.61. The molecule has 2 aliphatic rings. The number of carbonyl (C=O) groups is 2. The summed E-state index contributed by atoms with van der Waals surface area (Å²) >= 11 is 0. The molecule has 4 rings (SSSR count). The van der Waals surface area contributed by atoms with Crippen molar-refractivity contribution in [2.45, 2.75) is 38.0 Å². The number of hydrogen-bond donors (Lipinski definition) is 1. The van der Waals surface area contributed by atoms with E-state index in [4.69, 9.17) is 14.3 Å². The number of nitrogens with one attached hydrogen (secondary N) is 1. The third-order valence-corrected chi connectivity index (χ3v) is 6.84. The molecule has 1 aliphatic carbocycles. The molecule has 2 aromatic rings. The Morgan fingerprint density at radius 2 is 1.80 bits per heavy atom. The van der Waals surface area contributed by atoms with Crippen LogP contribution in [0.2, 0.25) is 0 Å². The zero-order valence-electron chi connectivity index (χ0n) is 22.6. The van der Waals surface area contributed by atoms with Gasteiger partial charge in [-0.05, 0) is 37.0 Å². The molecule has 11 heteroatoms. The number of amides is 2. The van der Waals surface area contributed by atoms with Gasteiger partial charge < -0.3 is 24.5 Å². The minimum absolute atomic E-state index is 0.0392. The maximum absolute atomic E-state index is 14.9. The Labute approximate surface area is 237 Å². The second kappa shape index (κ2) is 15.0. The first kappa shape index (κ1) is 29.8. The number of anilines is 1. The van der Waals surface area contributed by atoms with Crippen LogP contribution in [0, 0.1) is 11.7 Å². The minimum Gasteiger partial charge on any atom is -0.493 e. The first-order valence-corrected chi connectivity index (χ1v) is 13.5. The summed E-state index contributed by atoms with van der Waals surface area (Å²) in [6.45, 7) is -0.614. The number of ether oxygens (including phenoxy) is 2. The number of allylic oxidation sites excluding steroid dienone is 3. The maximum atomic E-state index is 14.9. The lowest BCUT2D eigenvalue weighted by Gasteiger charge is -2.31. The van der Waals surface area contributed by atoms with Crippen molar-refractivity contribution in [2.75, 3.05) is 38.4 Å². The van der Waals surface area contributed by atoms with Gasteiger partial charge in [-0.25, -0.2) is 13.2 Å². The number of hydrogen-bond acceptors (Lipinski definition) is 6. The number of alkyl halides is 2. The lowest BCUT2D eigenvalue weighted by molar-refractivity contribution is -0.144. The van der Waals surface area contributed by atoms with Gasteiger partial charge in [-0.15, -0.1) is 0 Å². The Morgan fingerprint density at radius 1 is 1.05 bits per heavy atom. The minimum atomic E-state index is -1.47. The van der Waals surface area contributed by atoms with Crippen LogP contribution < -0.4 is 19.6 Å². The molecule has 8 nitrogen and oxygen atoms in total. The molecule has 2 aromatic carbocycles. The van der Waals surface area contributed by atoms with Crippen LogP contribution in [-0.4, -0.2) is 68.0 Å². The van der Waals surface area contributed by atoms with Crippen LogP contribution in [0.4, 0.5) is 18.9 Å². The molecule has 0 spiro atoms. The van der Waals surface area contributed by atoms with Gasteiger partial charge in [0.25, 0.3) is 0 Å². The van der Waals surface area contributed by atoms with Crippen LogP contribution in [-0.2, 0) is 16.1 Å². The van der Waals surface area contributed by atoms with Gasteiger partial charge in [-0.2, -0.15) is 5.06 Å². The normalized spacial score (nSPS) is 16.9. The number of benzene rings is 2. The number of halogens is 3. The maximum Gasteiger partial charge on any atom is 0.242 e. The standard InChI is InChI=1S/C30H34F3N3O5/c31-16-26(17-32)40-29-15-30(28(14-27(29)33)34-24-10-12-35(20-37)13-11-24)41-36(21-38)18-22-6-8-25(9-7-22)39-19-23-4-2-1-3-5-23/h1-4,6-9,14-15,20-21,23-24,26,34H,5,10-13,16-19H2. The topological polar surface area (TPSA) is 80.3 Å². The van der Waals surface area contributed by atoms with Crippen molar-refractivity contribution < 1.29 is 37.1 Å². The molecule has 0 aromatic heterocycles. The molecule has 1 aliphatic heterocycles. The van der Waals surface area contributed by atoms with E-state index in [1.54, 1.807) is 29.2 Å². The summed E-state index contributed by atoms with van der Waals surface area (Å²) in [7, 11) is 0. The second-order valence-corrected chi connectivity index (χ2v) is 9.92. The van der Waals surface area contributed by atoms with Crippen molar-refractivity contribution in [1.82, 2.24) is 9.96 Å². The Hall–Kier alpha value is -4.15. The molecule has 1 N–H and O–H groups in total. The lowest BCUT2D eigenvalue weighted by atomic mass is 10.0. The Bertz CT molecular complexity index is 1200. The molecule has 0 bridgehead atoms. The van der Waals surface area contributed by atoms with Gasteiger partial charge in [-0.3, -0.25) is 9.59 Å². The fourth-order valence-electron chi connectivity index (χ4n) is 4.51. The third kappa shape index (κ3) is 8.67. The smallest absolute Gasteiger partial charge is 0.242 e. The van der Waals surface area contributed by atoms with Crippen LogP contribution in [0.3, 0.4) is 0 Å². The molecule has 0 saturated carbocycles. The Morgan fingerprint density at radius 3 is 2.44 bits per heavy atom. The van der Waals surface area contributed by atoms with Crippen LogP contribution in [0.25, 0.3) is 0 Å². The highest BCUT2D eigenvalue weighted by atomic mass is 19.1. The van der Waals surface area contributed by atoms with Crippen molar-refractivity contribution in [1.29, 1.82) is 0 Å². The van der Waals surface area contributed by atoms with Crippen molar-refractivity contribution >= 4 is 18.5 Å². The largest absolute Gasteiger partial charge is 0.493 e. The van der Waals surface area contributed by atoms with E-state index >= 15 is 0 Å². The van der Waals surface area contributed by atoms with E-state index in [1.165, 1.54) is 6.07 Å². The summed E-state index contributed by atoms with van der Waals surface area (Å²) in [4.78, 5) is 30.5. The van der Waals surface area contributed by atoms with Gasteiger partial charge in [0.05, 0.1) is 18.8 Å². The summed E-state index contributed by atoms with van der Waals surface area (Å²) in [5.74, 6) is -0.202. The summed E-state index contributed by atoms with van der Waals surface area (Å²) in [6.07, 6.45) is 10.2.